The Balaban J connectivity index is 2.30. The number of ether oxygens (including phenoxy) is 1. The highest BCUT2D eigenvalue weighted by Gasteiger charge is 2.46. The van der Waals surface area contributed by atoms with Crippen molar-refractivity contribution in [1.29, 1.82) is 0 Å². The van der Waals surface area contributed by atoms with Gasteiger partial charge in [-0.2, -0.15) is 0 Å². The van der Waals surface area contributed by atoms with Gasteiger partial charge in [0.1, 0.15) is 23.4 Å². The van der Waals surface area contributed by atoms with E-state index in [0.717, 1.165) is 38.5 Å². The van der Waals surface area contributed by atoms with Crippen molar-refractivity contribution in [3.05, 3.63) is 48.6 Å². The van der Waals surface area contributed by atoms with Crippen molar-refractivity contribution in [3.8, 4) is 0 Å². The summed E-state index contributed by atoms with van der Waals surface area (Å²) < 4.78 is 6.56. The quantitative estimate of drug-likeness (QED) is 0.715. The molecule has 0 aromatic heterocycles. The summed E-state index contributed by atoms with van der Waals surface area (Å²) in [6.07, 6.45) is 19.1. The van der Waals surface area contributed by atoms with E-state index in [-0.39, 0.29) is 0 Å². The van der Waals surface area contributed by atoms with E-state index in [4.69, 9.17) is 4.74 Å². The molecule has 23 heavy (non-hydrogen) atoms. The molecule has 2 rings (SSSR count). The monoisotopic (exact) mass is 318 g/mol. The minimum absolute atomic E-state index is 0.691. The van der Waals surface area contributed by atoms with Crippen molar-refractivity contribution in [2.75, 3.05) is 0 Å². The number of aliphatic hydroxyl groups is 2. The van der Waals surface area contributed by atoms with Crippen molar-refractivity contribution in [2.24, 2.45) is 0 Å². The van der Waals surface area contributed by atoms with Crippen LogP contribution in [-0.2, 0) is 4.74 Å². The second kappa shape index (κ2) is 8.09. The number of rotatable bonds is 8. The normalized spacial score (nSPS) is 35.8. The number of unbranched alkanes of at least 4 members (excludes halogenated alkanes) is 2. The van der Waals surface area contributed by atoms with Crippen LogP contribution in [0, 0.1) is 0 Å². The SMILES string of the molecule is CCCCC1(OC2(CCCC)C=CC=CC2O)C=CC=CC1O. The molecule has 4 atom stereocenters. The lowest BCUT2D eigenvalue weighted by molar-refractivity contribution is -0.183. The Morgan fingerprint density at radius 3 is 1.57 bits per heavy atom. The molecular formula is C20H30O3. The lowest BCUT2D eigenvalue weighted by Gasteiger charge is -2.46. The van der Waals surface area contributed by atoms with Crippen molar-refractivity contribution in [1.82, 2.24) is 0 Å². The predicted molar refractivity (Wildman–Crippen MR) is 94.2 cm³/mol. The highest BCUT2D eigenvalue weighted by Crippen LogP contribution is 2.39. The van der Waals surface area contributed by atoms with Crippen molar-refractivity contribution in [3.63, 3.8) is 0 Å². The Morgan fingerprint density at radius 1 is 0.783 bits per heavy atom. The molecule has 0 heterocycles. The van der Waals surface area contributed by atoms with E-state index in [1.165, 1.54) is 0 Å². The molecule has 0 fully saturated rings. The first-order chi connectivity index (χ1) is 11.1. The average molecular weight is 318 g/mol. The van der Waals surface area contributed by atoms with Crippen LogP contribution in [0.3, 0.4) is 0 Å². The smallest absolute Gasteiger partial charge is 0.117 e. The van der Waals surface area contributed by atoms with Gasteiger partial charge in [-0.1, -0.05) is 76.0 Å². The van der Waals surface area contributed by atoms with Crippen LogP contribution in [-0.4, -0.2) is 33.6 Å². The summed E-state index contributed by atoms with van der Waals surface area (Å²) >= 11 is 0. The van der Waals surface area contributed by atoms with Gasteiger partial charge in [0.15, 0.2) is 0 Å². The maximum Gasteiger partial charge on any atom is 0.117 e. The van der Waals surface area contributed by atoms with Crippen molar-refractivity contribution in [2.45, 2.75) is 75.8 Å². The van der Waals surface area contributed by atoms with Crippen molar-refractivity contribution < 1.29 is 14.9 Å². The van der Waals surface area contributed by atoms with E-state index in [1.807, 2.05) is 36.5 Å². The maximum atomic E-state index is 10.6. The number of hydrogen-bond donors (Lipinski definition) is 2. The van der Waals surface area contributed by atoms with E-state index in [0.29, 0.717) is 0 Å². The standard InChI is InChI=1S/C20H30O3/c1-3-5-13-19(15-9-7-11-17(19)21)23-20(14-6-4-2)16-10-8-12-18(20)22/h7-12,15-18,21-22H,3-6,13-14H2,1-2H3. The molecule has 2 N–H and O–H groups in total. The minimum atomic E-state index is -0.769. The third-order valence-electron chi connectivity index (χ3n) is 4.79. The van der Waals surface area contributed by atoms with Gasteiger partial charge in [0.2, 0.25) is 0 Å². The molecule has 0 amide bonds. The molecule has 2 aliphatic rings. The molecule has 0 spiro atoms. The molecule has 3 nitrogen and oxygen atoms in total. The van der Waals surface area contributed by atoms with E-state index in [9.17, 15) is 10.2 Å². The van der Waals surface area contributed by atoms with E-state index in [2.05, 4.69) is 13.8 Å². The summed E-state index contributed by atoms with van der Waals surface area (Å²) in [6, 6.07) is 0. The third kappa shape index (κ3) is 4.03. The molecule has 0 saturated carbocycles. The van der Waals surface area contributed by atoms with Crippen LogP contribution in [0.15, 0.2) is 48.6 Å². The molecule has 0 radical (unpaired) electrons. The van der Waals surface area contributed by atoms with Gasteiger partial charge in [-0.05, 0) is 25.0 Å². The summed E-state index contributed by atoms with van der Waals surface area (Å²) in [7, 11) is 0. The van der Waals surface area contributed by atoms with Gasteiger partial charge in [-0.15, -0.1) is 0 Å². The zero-order chi connectivity index (χ0) is 16.8. The molecule has 0 aromatic rings. The van der Waals surface area contributed by atoms with Crippen LogP contribution in [0.4, 0.5) is 0 Å². The Kier molecular flexibility index (Phi) is 6.40. The molecule has 3 heteroatoms. The number of allylic oxidation sites excluding steroid dienone is 4. The van der Waals surface area contributed by atoms with Crippen LogP contribution in [0.2, 0.25) is 0 Å². The van der Waals surface area contributed by atoms with Crippen LogP contribution in [0.1, 0.15) is 52.4 Å². The first-order valence-corrected chi connectivity index (χ1v) is 8.87. The lowest BCUT2D eigenvalue weighted by atomic mass is 9.82. The second-order valence-electron chi connectivity index (χ2n) is 6.60. The first kappa shape index (κ1) is 18.2. The zero-order valence-electron chi connectivity index (χ0n) is 14.3. The van der Waals surface area contributed by atoms with E-state index >= 15 is 0 Å². The fraction of sp³-hybridized carbons (Fsp3) is 0.600. The lowest BCUT2D eigenvalue weighted by Crippen LogP contribution is -2.54. The average Bonchev–Trinajstić information content (AvgIpc) is 2.56. The topological polar surface area (TPSA) is 49.7 Å². The van der Waals surface area contributed by atoms with Gasteiger partial charge in [-0.25, -0.2) is 0 Å². The number of hydrogen-bond acceptors (Lipinski definition) is 3. The van der Waals surface area contributed by atoms with Crippen LogP contribution in [0.5, 0.6) is 0 Å². The Morgan fingerprint density at radius 2 is 1.22 bits per heavy atom. The molecule has 4 unspecified atom stereocenters. The van der Waals surface area contributed by atoms with Gasteiger partial charge in [0, 0.05) is 0 Å². The summed E-state index contributed by atoms with van der Waals surface area (Å²) in [5.41, 5.74) is -1.54. The van der Waals surface area contributed by atoms with Crippen LogP contribution in [0.25, 0.3) is 0 Å². The molecule has 0 saturated heterocycles. The molecule has 0 bridgehead atoms. The van der Waals surface area contributed by atoms with Crippen LogP contribution >= 0.6 is 0 Å². The Hall–Kier alpha value is -1.16. The van der Waals surface area contributed by atoms with Crippen LogP contribution < -0.4 is 0 Å². The fourth-order valence-electron chi connectivity index (χ4n) is 3.31. The highest BCUT2D eigenvalue weighted by atomic mass is 16.5. The Bertz CT molecular complexity index is 447. The number of aliphatic hydroxyl groups excluding tert-OH is 2. The van der Waals surface area contributed by atoms with Gasteiger partial charge in [0.25, 0.3) is 0 Å². The molecular weight excluding hydrogens is 288 g/mol. The zero-order valence-corrected chi connectivity index (χ0v) is 14.3. The van der Waals surface area contributed by atoms with Gasteiger partial charge < -0.3 is 14.9 Å². The first-order valence-electron chi connectivity index (χ1n) is 8.87. The van der Waals surface area contributed by atoms with Gasteiger partial charge >= 0.3 is 0 Å². The molecule has 0 aromatic carbocycles. The largest absolute Gasteiger partial charge is 0.386 e. The maximum absolute atomic E-state index is 10.6. The summed E-state index contributed by atoms with van der Waals surface area (Å²) in [4.78, 5) is 0. The Labute approximate surface area is 140 Å². The fourth-order valence-corrected chi connectivity index (χ4v) is 3.31. The second-order valence-corrected chi connectivity index (χ2v) is 6.60. The summed E-state index contributed by atoms with van der Waals surface area (Å²) in [5.74, 6) is 0. The third-order valence-corrected chi connectivity index (χ3v) is 4.79. The van der Waals surface area contributed by atoms with Gasteiger partial charge in [0.05, 0.1) is 0 Å². The molecule has 2 aliphatic carbocycles. The molecule has 128 valence electrons. The molecule has 0 aliphatic heterocycles. The van der Waals surface area contributed by atoms with E-state index in [1.54, 1.807) is 12.2 Å². The van der Waals surface area contributed by atoms with Crippen molar-refractivity contribution >= 4 is 0 Å². The van der Waals surface area contributed by atoms with E-state index < -0.39 is 23.4 Å². The highest BCUT2D eigenvalue weighted by molar-refractivity contribution is 5.28. The summed E-state index contributed by atoms with van der Waals surface area (Å²) in [6.45, 7) is 4.26. The van der Waals surface area contributed by atoms with Gasteiger partial charge in [-0.3, -0.25) is 0 Å². The summed E-state index contributed by atoms with van der Waals surface area (Å²) in [5, 5.41) is 21.2. The minimum Gasteiger partial charge on any atom is -0.386 e. The predicted octanol–water partition coefficient (Wildman–Crippen LogP) is 3.83.